The zero-order valence-corrected chi connectivity index (χ0v) is 10.4. The zero-order valence-electron chi connectivity index (χ0n) is 10.4. The molecule has 0 aromatic heterocycles. The maximum Gasteiger partial charge on any atom is 0.129 e. The van der Waals surface area contributed by atoms with Crippen molar-refractivity contribution >= 4 is 0 Å². The van der Waals surface area contributed by atoms with E-state index < -0.39 is 17.7 Å². The molecule has 1 fully saturated rings. The van der Waals surface area contributed by atoms with Crippen molar-refractivity contribution in [1.29, 1.82) is 0 Å². The van der Waals surface area contributed by atoms with Crippen LogP contribution in [0.25, 0.3) is 0 Å². The standard InChI is InChI=1S/C14H18F2O2/c1-2-18-14(9-3-4-9)13(17)7-10-5-6-11(15)8-12(10)16/h5-6,8-9,13-14,17H,2-4,7H2,1H3. The quantitative estimate of drug-likeness (QED) is 0.848. The van der Waals surface area contributed by atoms with Crippen molar-refractivity contribution in [3.05, 3.63) is 35.4 Å². The molecule has 0 heterocycles. The van der Waals surface area contributed by atoms with Gasteiger partial charge in [0.1, 0.15) is 11.6 Å². The smallest absolute Gasteiger partial charge is 0.129 e. The summed E-state index contributed by atoms with van der Waals surface area (Å²) in [7, 11) is 0. The topological polar surface area (TPSA) is 29.5 Å². The second-order valence-electron chi connectivity index (χ2n) is 4.76. The van der Waals surface area contributed by atoms with Crippen molar-refractivity contribution in [2.75, 3.05) is 6.61 Å². The normalized spacial score (nSPS) is 18.7. The Bertz CT molecular complexity index is 405. The molecule has 1 N–H and O–H groups in total. The SMILES string of the molecule is CCOC(C(O)Cc1ccc(F)cc1F)C1CC1. The number of ether oxygens (including phenoxy) is 1. The molecule has 18 heavy (non-hydrogen) atoms. The highest BCUT2D eigenvalue weighted by atomic mass is 19.1. The Balaban J connectivity index is 2.02. The minimum absolute atomic E-state index is 0.160. The van der Waals surface area contributed by atoms with Crippen LogP contribution in [0.5, 0.6) is 0 Å². The first kappa shape index (κ1) is 13.4. The van der Waals surface area contributed by atoms with Crippen molar-refractivity contribution in [3.63, 3.8) is 0 Å². The summed E-state index contributed by atoms with van der Waals surface area (Å²) in [5.74, 6) is -0.835. The Labute approximate surface area is 106 Å². The van der Waals surface area contributed by atoms with E-state index in [1.807, 2.05) is 6.92 Å². The summed E-state index contributed by atoms with van der Waals surface area (Å²) in [5, 5.41) is 10.1. The molecule has 1 aliphatic rings. The van der Waals surface area contributed by atoms with Crippen LogP contribution in [0.2, 0.25) is 0 Å². The maximum absolute atomic E-state index is 13.5. The van der Waals surface area contributed by atoms with Gasteiger partial charge >= 0.3 is 0 Å². The fourth-order valence-corrected chi connectivity index (χ4v) is 2.21. The summed E-state index contributed by atoms with van der Waals surface area (Å²) in [4.78, 5) is 0. The molecule has 2 rings (SSSR count). The predicted molar refractivity (Wildman–Crippen MR) is 64.2 cm³/mol. The molecule has 1 aromatic carbocycles. The lowest BCUT2D eigenvalue weighted by molar-refractivity contribution is -0.0442. The number of aliphatic hydroxyl groups excluding tert-OH is 1. The van der Waals surface area contributed by atoms with Crippen LogP contribution in [-0.2, 0) is 11.2 Å². The van der Waals surface area contributed by atoms with E-state index in [0.717, 1.165) is 18.9 Å². The highest BCUT2D eigenvalue weighted by Crippen LogP contribution is 2.36. The number of halogens is 2. The van der Waals surface area contributed by atoms with Crippen LogP contribution in [0, 0.1) is 17.6 Å². The third-order valence-corrected chi connectivity index (χ3v) is 3.27. The lowest BCUT2D eigenvalue weighted by Gasteiger charge is -2.22. The van der Waals surface area contributed by atoms with Crippen molar-refractivity contribution in [3.8, 4) is 0 Å². The summed E-state index contributed by atoms with van der Waals surface area (Å²) in [6.45, 7) is 2.41. The van der Waals surface area contributed by atoms with Gasteiger partial charge in [-0.25, -0.2) is 8.78 Å². The molecular weight excluding hydrogens is 238 g/mol. The molecule has 2 nitrogen and oxygen atoms in total. The Hall–Kier alpha value is -1.00. The van der Waals surface area contributed by atoms with Gasteiger partial charge in [0, 0.05) is 19.1 Å². The molecule has 4 heteroatoms. The van der Waals surface area contributed by atoms with E-state index in [-0.39, 0.29) is 12.5 Å². The van der Waals surface area contributed by atoms with Crippen molar-refractivity contribution in [2.24, 2.45) is 5.92 Å². The number of rotatable bonds is 6. The largest absolute Gasteiger partial charge is 0.390 e. The Kier molecular flexibility index (Phi) is 4.30. The van der Waals surface area contributed by atoms with Crippen LogP contribution in [0.1, 0.15) is 25.3 Å². The first-order valence-corrected chi connectivity index (χ1v) is 6.35. The number of aliphatic hydroxyl groups is 1. The Morgan fingerprint density at radius 3 is 2.67 bits per heavy atom. The molecule has 0 saturated heterocycles. The van der Waals surface area contributed by atoms with Crippen molar-refractivity contribution in [1.82, 2.24) is 0 Å². The van der Waals surface area contributed by atoms with E-state index in [0.29, 0.717) is 18.1 Å². The third kappa shape index (κ3) is 3.27. The molecule has 0 spiro atoms. The lowest BCUT2D eigenvalue weighted by Crippen LogP contribution is -2.33. The second-order valence-corrected chi connectivity index (χ2v) is 4.76. The van der Waals surface area contributed by atoms with E-state index in [1.165, 1.54) is 12.1 Å². The number of hydrogen-bond acceptors (Lipinski definition) is 2. The molecule has 2 atom stereocenters. The molecule has 100 valence electrons. The highest BCUT2D eigenvalue weighted by molar-refractivity contribution is 5.19. The first-order chi connectivity index (χ1) is 8.61. The van der Waals surface area contributed by atoms with Gasteiger partial charge in [-0.2, -0.15) is 0 Å². The Morgan fingerprint density at radius 1 is 1.39 bits per heavy atom. The van der Waals surface area contributed by atoms with Crippen molar-refractivity contribution < 1.29 is 18.6 Å². The van der Waals surface area contributed by atoms with Gasteiger partial charge in [0.2, 0.25) is 0 Å². The molecule has 0 amide bonds. The summed E-state index contributed by atoms with van der Waals surface area (Å²) in [6.07, 6.45) is 1.28. The van der Waals surface area contributed by atoms with Crippen LogP contribution in [-0.4, -0.2) is 23.9 Å². The first-order valence-electron chi connectivity index (χ1n) is 6.35. The molecule has 0 radical (unpaired) electrons. The Morgan fingerprint density at radius 2 is 2.11 bits per heavy atom. The van der Waals surface area contributed by atoms with Gasteiger partial charge < -0.3 is 9.84 Å². The molecular formula is C14H18F2O2. The predicted octanol–water partition coefficient (Wildman–Crippen LogP) is 2.68. The van der Waals surface area contributed by atoms with Gasteiger partial charge in [-0.1, -0.05) is 6.07 Å². The summed E-state index contributed by atoms with van der Waals surface area (Å²) in [6, 6.07) is 3.43. The fourth-order valence-electron chi connectivity index (χ4n) is 2.21. The van der Waals surface area contributed by atoms with Gasteiger partial charge in [0.15, 0.2) is 0 Å². The van der Waals surface area contributed by atoms with Crippen molar-refractivity contribution in [2.45, 2.75) is 38.4 Å². The zero-order chi connectivity index (χ0) is 13.1. The van der Waals surface area contributed by atoms with Gasteiger partial charge in [-0.05, 0) is 37.3 Å². The summed E-state index contributed by atoms with van der Waals surface area (Å²) >= 11 is 0. The molecule has 1 aliphatic carbocycles. The van der Waals surface area contributed by atoms with E-state index in [9.17, 15) is 13.9 Å². The lowest BCUT2D eigenvalue weighted by atomic mass is 10.0. The van der Waals surface area contributed by atoms with Crippen LogP contribution in [0.3, 0.4) is 0 Å². The molecule has 1 aromatic rings. The summed E-state index contributed by atoms with van der Waals surface area (Å²) < 4.78 is 31.8. The van der Waals surface area contributed by atoms with E-state index in [2.05, 4.69) is 0 Å². The second kappa shape index (κ2) is 5.76. The minimum atomic E-state index is -0.739. The highest BCUT2D eigenvalue weighted by Gasteiger charge is 2.36. The molecule has 2 unspecified atom stereocenters. The molecule has 0 bridgehead atoms. The minimum Gasteiger partial charge on any atom is -0.390 e. The van der Waals surface area contributed by atoms with Gasteiger partial charge in [-0.15, -0.1) is 0 Å². The van der Waals surface area contributed by atoms with Crippen LogP contribution in [0.4, 0.5) is 8.78 Å². The fraction of sp³-hybridized carbons (Fsp3) is 0.571. The molecule has 0 aliphatic heterocycles. The van der Waals surface area contributed by atoms with Crippen LogP contribution >= 0.6 is 0 Å². The number of hydrogen-bond donors (Lipinski definition) is 1. The van der Waals surface area contributed by atoms with Crippen LogP contribution in [0.15, 0.2) is 18.2 Å². The monoisotopic (exact) mass is 256 g/mol. The maximum atomic E-state index is 13.5. The van der Waals surface area contributed by atoms with Gasteiger partial charge in [-0.3, -0.25) is 0 Å². The van der Waals surface area contributed by atoms with Crippen LogP contribution < -0.4 is 0 Å². The van der Waals surface area contributed by atoms with Gasteiger partial charge in [0.05, 0.1) is 12.2 Å². The summed E-state index contributed by atoms with van der Waals surface area (Å²) in [5.41, 5.74) is 0.328. The van der Waals surface area contributed by atoms with E-state index in [1.54, 1.807) is 0 Å². The van der Waals surface area contributed by atoms with E-state index in [4.69, 9.17) is 4.74 Å². The average molecular weight is 256 g/mol. The third-order valence-electron chi connectivity index (χ3n) is 3.27. The van der Waals surface area contributed by atoms with Gasteiger partial charge in [0.25, 0.3) is 0 Å². The van der Waals surface area contributed by atoms with E-state index >= 15 is 0 Å². The molecule has 1 saturated carbocycles. The average Bonchev–Trinajstić information content (AvgIpc) is 3.13. The number of benzene rings is 1.